The maximum Gasteiger partial charge on any atom is 0.264 e. The lowest BCUT2D eigenvalue weighted by Gasteiger charge is -2.26. The molecule has 1 aliphatic heterocycles. The van der Waals surface area contributed by atoms with Crippen LogP contribution in [0.1, 0.15) is 29.6 Å². The molecule has 0 unspecified atom stereocenters. The van der Waals surface area contributed by atoms with Crippen molar-refractivity contribution in [1.29, 1.82) is 0 Å². The van der Waals surface area contributed by atoms with Crippen molar-refractivity contribution in [2.75, 3.05) is 13.1 Å². The maximum absolute atomic E-state index is 13.4. The van der Waals surface area contributed by atoms with Crippen LogP contribution < -0.4 is 0 Å². The minimum atomic E-state index is -4.19. The molecule has 0 N–H and O–H groups in total. The summed E-state index contributed by atoms with van der Waals surface area (Å²) in [6.07, 6.45) is 2.93. The molecule has 0 saturated carbocycles. The molecule has 1 fully saturated rings. The van der Waals surface area contributed by atoms with Crippen molar-refractivity contribution in [3.05, 3.63) is 29.6 Å². The molecule has 0 radical (unpaired) electrons. The molecule has 1 aliphatic rings. The molecule has 0 spiro atoms. The summed E-state index contributed by atoms with van der Waals surface area (Å²) in [5.74, 6) is -1.24. The van der Waals surface area contributed by atoms with Gasteiger partial charge in [-0.25, -0.2) is 12.8 Å². The van der Waals surface area contributed by atoms with Gasteiger partial charge in [-0.2, -0.15) is 0 Å². The number of rotatable bonds is 2. The maximum atomic E-state index is 13.4. The Balaban J connectivity index is 2.33. The van der Waals surface area contributed by atoms with Crippen molar-refractivity contribution in [3.63, 3.8) is 0 Å². The van der Waals surface area contributed by atoms with E-state index in [9.17, 15) is 17.6 Å². The molecule has 7 heteroatoms. The molecule has 0 bridgehead atoms. The van der Waals surface area contributed by atoms with Crippen LogP contribution in [-0.2, 0) is 9.05 Å². The van der Waals surface area contributed by atoms with E-state index in [2.05, 4.69) is 0 Å². The van der Waals surface area contributed by atoms with Crippen molar-refractivity contribution in [2.45, 2.75) is 24.2 Å². The Hall–Kier alpha value is -1.14. The summed E-state index contributed by atoms with van der Waals surface area (Å²) in [5, 5.41) is 0. The van der Waals surface area contributed by atoms with Crippen LogP contribution in [-0.4, -0.2) is 32.3 Å². The second-order valence-corrected chi connectivity index (χ2v) is 6.97. The second kappa shape index (κ2) is 5.46. The summed E-state index contributed by atoms with van der Waals surface area (Å²) in [6.45, 7) is 1.28. The lowest BCUT2D eigenvalue weighted by Crippen LogP contribution is -2.35. The molecule has 2 rings (SSSR count). The van der Waals surface area contributed by atoms with Crippen LogP contribution in [0, 0.1) is 5.82 Å². The zero-order chi connectivity index (χ0) is 14.0. The first-order valence-electron chi connectivity index (χ1n) is 5.93. The molecule has 1 aromatic rings. The molecule has 1 amide bonds. The molecule has 0 aliphatic carbocycles. The Morgan fingerprint density at radius 2 is 1.84 bits per heavy atom. The number of carbonyl (C=O) groups excluding carboxylic acids is 1. The number of amides is 1. The highest BCUT2D eigenvalue weighted by Crippen LogP contribution is 2.22. The van der Waals surface area contributed by atoms with Crippen LogP contribution >= 0.6 is 10.7 Å². The standard InChI is InChI=1S/C12H13ClFNO3S/c13-19(17,18)11-8-9(4-5-10(11)14)12(16)15-6-2-1-3-7-15/h4-5,8H,1-3,6-7H2. The average Bonchev–Trinajstić information content (AvgIpc) is 2.38. The van der Waals surface area contributed by atoms with Gasteiger partial charge in [0.05, 0.1) is 0 Å². The van der Waals surface area contributed by atoms with Crippen molar-refractivity contribution in [1.82, 2.24) is 4.90 Å². The van der Waals surface area contributed by atoms with E-state index in [0.717, 1.165) is 31.4 Å². The topological polar surface area (TPSA) is 54.5 Å². The van der Waals surface area contributed by atoms with Crippen LogP contribution in [0.25, 0.3) is 0 Å². The number of piperidine rings is 1. The van der Waals surface area contributed by atoms with Crippen LogP contribution in [0.2, 0.25) is 0 Å². The monoisotopic (exact) mass is 305 g/mol. The zero-order valence-electron chi connectivity index (χ0n) is 10.1. The van der Waals surface area contributed by atoms with Gasteiger partial charge >= 0.3 is 0 Å². The molecule has 19 heavy (non-hydrogen) atoms. The summed E-state index contributed by atoms with van der Waals surface area (Å²) >= 11 is 0. The first-order valence-corrected chi connectivity index (χ1v) is 8.24. The lowest BCUT2D eigenvalue weighted by molar-refractivity contribution is 0.0724. The molecule has 104 valence electrons. The fourth-order valence-electron chi connectivity index (χ4n) is 2.10. The Morgan fingerprint density at radius 1 is 1.21 bits per heavy atom. The third-order valence-electron chi connectivity index (χ3n) is 3.08. The van der Waals surface area contributed by atoms with Crippen molar-refractivity contribution < 1.29 is 17.6 Å². The molecular formula is C12H13ClFNO3S. The normalized spacial score (nSPS) is 16.4. The van der Waals surface area contributed by atoms with Crippen molar-refractivity contribution >= 4 is 25.6 Å². The van der Waals surface area contributed by atoms with Gasteiger partial charge in [0, 0.05) is 29.3 Å². The number of likely N-dealkylation sites (tertiary alicyclic amines) is 1. The van der Waals surface area contributed by atoms with Crippen molar-refractivity contribution in [2.24, 2.45) is 0 Å². The number of nitrogens with zero attached hydrogens (tertiary/aromatic N) is 1. The quantitative estimate of drug-likeness (QED) is 0.788. The third-order valence-corrected chi connectivity index (χ3v) is 4.42. The minimum absolute atomic E-state index is 0.141. The third kappa shape index (κ3) is 3.25. The fourth-order valence-corrected chi connectivity index (χ4v) is 3.03. The molecule has 0 atom stereocenters. The van der Waals surface area contributed by atoms with E-state index < -0.39 is 19.8 Å². The Kier molecular flexibility index (Phi) is 4.10. The van der Waals surface area contributed by atoms with Gasteiger partial charge in [0.15, 0.2) is 0 Å². The smallest absolute Gasteiger partial charge is 0.264 e. The van der Waals surface area contributed by atoms with Crippen LogP contribution in [0.15, 0.2) is 23.1 Å². The summed E-state index contributed by atoms with van der Waals surface area (Å²) in [5.41, 5.74) is 0.141. The highest BCUT2D eigenvalue weighted by molar-refractivity contribution is 8.13. The number of halogens is 2. The highest BCUT2D eigenvalue weighted by Gasteiger charge is 2.22. The van der Waals surface area contributed by atoms with Crippen molar-refractivity contribution in [3.8, 4) is 0 Å². The van der Waals surface area contributed by atoms with Gasteiger partial charge in [-0.05, 0) is 37.5 Å². The Morgan fingerprint density at radius 3 is 2.42 bits per heavy atom. The van der Waals surface area contributed by atoms with Gasteiger partial charge in [0.2, 0.25) is 0 Å². The minimum Gasteiger partial charge on any atom is -0.339 e. The van der Waals surface area contributed by atoms with Crippen LogP contribution in [0.5, 0.6) is 0 Å². The Labute approximate surface area is 115 Å². The summed E-state index contributed by atoms with van der Waals surface area (Å²) in [6, 6.07) is 3.22. The first-order chi connectivity index (χ1) is 8.89. The van der Waals surface area contributed by atoms with E-state index in [1.54, 1.807) is 4.90 Å². The van der Waals surface area contributed by atoms with Gasteiger partial charge in [-0.15, -0.1) is 0 Å². The predicted octanol–water partition coefficient (Wildman–Crippen LogP) is 2.38. The number of hydrogen-bond donors (Lipinski definition) is 0. The summed E-state index contributed by atoms with van der Waals surface area (Å²) in [4.78, 5) is 13.1. The van der Waals surface area contributed by atoms with E-state index in [0.29, 0.717) is 13.1 Å². The number of benzene rings is 1. The van der Waals surface area contributed by atoms with Gasteiger partial charge < -0.3 is 4.90 Å². The average molecular weight is 306 g/mol. The Bertz CT molecular complexity index is 597. The van der Waals surface area contributed by atoms with Gasteiger partial charge in [-0.1, -0.05) is 0 Å². The first kappa shape index (κ1) is 14.3. The SMILES string of the molecule is O=C(c1ccc(F)c(S(=O)(=O)Cl)c1)N1CCCCC1. The van der Waals surface area contributed by atoms with E-state index in [1.165, 1.54) is 6.07 Å². The molecule has 1 aromatic carbocycles. The predicted molar refractivity (Wildman–Crippen MR) is 69.2 cm³/mol. The summed E-state index contributed by atoms with van der Waals surface area (Å²) in [7, 11) is 0.940. The van der Waals surface area contributed by atoms with Crippen LogP contribution in [0.3, 0.4) is 0 Å². The second-order valence-electron chi connectivity index (χ2n) is 4.44. The van der Waals surface area contributed by atoms with E-state index in [-0.39, 0.29) is 11.5 Å². The largest absolute Gasteiger partial charge is 0.339 e. The summed E-state index contributed by atoms with van der Waals surface area (Å²) < 4.78 is 35.8. The molecule has 4 nitrogen and oxygen atoms in total. The van der Waals surface area contributed by atoms with E-state index in [1.807, 2.05) is 0 Å². The van der Waals surface area contributed by atoms with Gasteiger partial charge in [-0.3, -0.25) is 4.79 Å². The van der Waals surface area contributed by atoms with E-state index in [4.69, 9.17) is 10.7 Å². The molecular weight excluding hydrogens is 293 g/mol. The van der Waals surface area contributed by atoms with E-state index >= 15 is 0 Å². The number of carbonyl (C=O) groups is 1. The molecule has 1 heterocycles. The molecule has 1 saturated heterocycles. The number of hydrogen-bond acceptors (Lipinski definition) is 3. The van der Waals surface area contributed by atoms with Gasteiger partial charge in [0.25, 0.3) is 15.0 Å². The molecule has 0 aromatic heterocycles. The highest BCUT2D eigenvalue weighted by atomic mass is 35.7. The van der Waals surface area contributed by atoms with Gasteiger partial charge in [0.1, 0.15) is 10.7 Å². The van der Waals surface area contributed by atoms with Crippen LogP contribution in [0.4, 0.5) is 4.39 Å². The zero-order valence-corrected chi connectivity index (χ0v) is 11.7. The fraction of sp³-hybridized carbons (Fsp3) is 0.417. The lowest BCUT2D eigenvalue weighted by atomic mass is 10.1.